The maximum absolute atomic E-state index is 14.4. The normalized spacial score (nSPS) is 11.6. The third-order valence-electron chi connectivity index (χ3n) is 4.80. The van der Waals surface area contributed by atoms with Gasteiger partial charge in [0.15, 0.2) is 0 Å². The van der Waals surface area contributed by atoms with Crippen LogP contribution in [-0.2, 0) is 34.0 Å². The first-order valence-electron chi connectivity index (χ1n) is 10.7. The van der Waals surface area contributed by atoms with Crippen molar-refractivity contribution in [2.24, 2.45) is 0 Å². The number of hydrogen-bond acceptors (Lipinski definition) is 5. The van der Waals surface area contributed by atoms with Crippen LogP contribution in [0.25, 0.3) is 0 Å². The van der Waals surface area contributed by atoms with E-state index < -0.39 is 33.6 Å². The molecule has 1 aromatic heterocycles. The van der Waals surface area contributed by atoms with Crippen molar-refractivity contribution in [2.75, 3.05) is 22.8 Å². The molecule has 0 saturated heterocycles. The molecular weight excluding hydrogens is 488 g/mol. The van der Waals surface area contributed by atoms with Crippen LogP contribution < -0.4 is 15.4 Å². The van der Waals surface area contributed by atoms with Gasteiger partial charge in [-0.1, -0.05) is 25.3 Å². The predicted octanol–water partition coefficient (Wildman–Crippen LogP) is 4.05. The summed E-state index contributed by atoms with van der Waals surface area (Å²) in [6.07, 6.45) is 3.29. The Morgan fingerprint density at radius 2 is 1.94 bits per heavy atom. The van der Waals surface area contributed by atoms with Gasteiger partial charge in [-0.15, -0.1) is 6.42 Å². The highest BCUT2D eigenvalue weighted by Gasteiger charge is 2.33. The topological polar surface area (TPSA) is 100 Å². The second kappa shape index (κ2) is 11.9. The first kappa shape index (κ1) is 27.9. The Kier molecular flexibility index (Phi) is 9.47. The van der Waals surface area contributed by atoms with Crippen molar-refractivity contribution in [1.82, 2.24) is 10.3 Å². The minimum absolute atomic E-state index is 0.0294. The summed E-state index contributed by atoms with van der Waals surface area (Å²) in [5, 5.41) is 5.49. The van der Waals surface area contributed by atoms with Gasteiger partial charge in [0.2, 0.25) is 15.9 Å². The SMILES string of the molecule is C#Cc1cc(CNC(=O)CCc2ccc(C(F)(F)F)nc2NCCCC)cc(F)c1NS(C)(=O)=O. The van der Waals surface area contributed by atoms with Crippen LogP contribution in [-0.4, -0.2) is 32.1 Å². The fourth-order valence-electron chi connectivity index (χ4n) is 3.09. The highest BCUT2D eigenvalue weighted by molar-refractivity contribution is 7.92. The summed E-state index contributed by atoms with van der Waals surface area (Å²) in [7, 11) is -3.75. The molecule has 7 nitrogen and oxygen atoms in total. The maximum Gasteiger partial charge on any atom is 0.433 e. The molecule has 0 unspecified atom stereocenters. The van der Waals surface area contributed by atoms with Crippen LogP contribution in [0.5, 0.6) is 0 Å². The largest absolute Gasteiger partial charge is 0.433 e. The number of benzene rings is 1. The minimum Gasteiger partial charge on any atom is -0.370 e. The summed E-state index contributed by atoms with van der Waals surface area (Å²) in [6, 6.07) is 4.57. The number of aromatic nitrogens is 1. The molecule has 2 aromatic rings. The van der Waals surface area contributed by atoms with Crippen molar-refractivity contribution in [3.8, 4) is 12.3 Å². The van der Waals surface area contributed by atoms with Crippen molar-refractivity contribution in [3.05, 3.63) is 52.5 Å². The predicted molar refractivity (Wildman–Crippen MR) is 126 cm³/mol. The highest BCUT2D eigenvalue weighted by atomic mass is 32.2. The third-order valence-corrected chi connectivity index (χ3v) is 5.37. The van der Waals surface area contributed by atoms with Gasteiger partial charge in [0.25, 0.3) is 0 Å². The fourth-order valence-corrected chi connectivity index (χ4v) is 3.67. The molecule has 0 radical (unpaired) electrons. The van der Waals surface area contributed by atoms with Gasteiger partial charge < -0.3 is 10.6 Å². The van der Waals surface area contributed by atoms with E-state index in [1.807, 2.05) is 11.6 Å². The Bertz CT molecular complexity index is 1210. The molecule has 0 bridgehead atoms. The number of nitrogens with one attached hydrogen (secondary N) is 3. The Morgan fingerprint density at radius 3 is 2.54 bits per heavy atom. The number of sulfonamides is 1. The molecule has 0 aliphatic heterocycles. The van der Waals surface area contributed by atoms with E-state index in [-0.39, 0.29) is 36.5 Å². The van der Waals surface area contributed by atoms with E-state index in [0.29, 0.717) is 17.7 Å². The number of carbonyl (C=O) groups is 1. The molecule has 1 aromatic carbocycles. The number of nitrogens with zero attached hydrogens (tertiary/aromatic N) is 1. The molecule has 0 aliphatic carbocycles. The van der Waals surface area contributed by atoms with E-state index in [0.717, 1.165) is 31.2 Å². The molecule has 0 spiro atoms. The minimum atomic E-state index is -4.59. The van der Waals surface area contributed by atoms with Crippen LogP contribution in [0, 0.1) is 18.2 Å². The number of rotatable bonds is 11. The first-order valence-corrected chi connectivity index (χ1v) is 12.6. The molecule has 0 aliphatic rings. The number of terminal acetylenes is 1. The number of halogens is 4. The van der Waals surface area contributed by atoms with Gasteiger partial charge in [0.1, 0.15) is 17.3 Å². The number of carbonyl (C=O) groups excluding carboxylic acids is 1. The zero-order valence-electron chi connectivity index (χ0n) is 19.2. The lowest BCUT2D eigenvalue weighted by atomic mass is 10.1. The van der Waals surface area contributed by atoms with Crippen molar-refractivity contribution in [1.29, 1.82) is 0 Å². The maximum atomic E-state index is 14.4. The monoisotopic (exact) mass is 514 g/mol. The van der Waals surface area contributed by atoms with Crippen LogP contribution in [0.1, 0.15) is 48.6 Å². The van der Waals surface area contributed by atoms with Crippen LogP contribution >= 0.6 is 0 Å². The van der Waals surface area contributed by atoms with Gasteiger partial charge in [0.05, 0.1) is 17.5 Å². The lowest BCUT2D eigenvalue weighted by molar-refractivity contribution is -0.141. The fraction of sp³-hybridized carbons (Fsp3) is 0.391. The van der Waals surface area contributed by atoms with Crippen LogP contribution in [0.3, 0.4) is 0 Å². The van der Waals surface area contributed by atoms with Crippen LogP contribution in [0.15, 0.2) is 24.3 Å². The Morgan fingerprint density at radius 1 is 1.23 bits per heavy atom. The molecular formula is C23H26F4N4O3S. The molecule has 0 atom stereocenters. The van der Waals surface area contributed by atoms with E-state index in [9.17, 15) is 30.8 Å². The summed E-state index contributed by atoms with van der Waals surface area (Å²) >= 11 is 0. The number of hydrogen-bond donors (Lipinski definition) is 3. The number of aryl methyl sites for hydroxylation is 1. The zero-order chi connectivity index (χ0) is 26.2. The van der Waals surface area contributed by atoms with Gasteiger partial charge in [-0.05, 0) is 42.2 Å². The zero-order valence-corrected chi connectivity index (χ0v) is 20.0. The second-order valence-electron chi connectivity index (χ2n) is 7.78. The standard InChI is InChI=1S/C23H26F4N4O3S/c1-4-6-11-28-22-17(7-9-19(30-22)23(25,26)27)8-10-20(32)29-14-15-12-16(5-2)21(18(24)13-15)31-35(3,33)34/h2,7,9,12-13,31H,4,6,8,10-11,14H2,1,3H3,(H,28,30)(H,29,32). The van der Waals surface area contributed by atoms with Crippen LogP contribution in [0.2, 0.25) is 0 Å². The number of alkyl halides is 3. The number of anilines is 2. The van der Waals surface area contributed by atoms with E-state index in [1.165, 1.54) is 12.1 Å². The molecule has 3 N–H and O–H groups in total. The summed E-state index contributed by atoms with van der Waals surface area (Å²) in [6.45, 7) is 2.30. The lowest BCUT2D eigenvalue weighted by Gasteiger charge is -2.14. The van der Waals surface area contributed by atoms with E-state index in [4.69, 9.17) is 6.42 Å². The molecule has 1 heterocycles. The summed E-state index contributed by atoms with van der Waals surface area (Å²) in [5.41, 5.74) is -0.645. The highest BCUT2D eigenvalue weighted by Crippen LogP contribution is 2.30. The van der Waals surface area contributed by atoms with Gasteiger partial charge in [0, 0.05) is 19.5 Å². The van der Waals surface area contributed by atoms with E-state index >= 15 is 0 Å². The summed E-state index contributed by atoms with van der Waals surface area (Å²) in [4.78, 5) is 16.0. The lowest BCUT2D eigenvalue weighted by Crippen LogP contribution is -2.23. The smallest absolute Gasteiger partial charge is 0.370 e. The Hall–Kier alpha value is -3.33. The van der Waals surface area contributed by atoms with Crippen molar-refractivity contribution in [2.45, 2.75) is 45.3 Å². The molecule has 12 heteroatoms. The van der Waals surface area contributed by atoms with Gasteiger partial charge in [-0.3, -0.25) is 9.52 Å². The van der Waals surface area contributed by atoms with Gasteiger partial charge >= 0.3 is 6.18 Å². The third kappa shape index (κ3) is 8.75. The number of unbranched alkanes of at least 4 members (excludes halogenated alkanes) is 1. The molecule has 2 rings (SSSR count). The van der Waals surface area contributed by atoms with Crippen molar-refractivity contribution in [3.63, 3.8) is 0 Å². The molecule has 190 valence electrons. The van der Waals surface area contributed by atoms with E-state index in [1.54, 1.807) is 0 Å². The number of pyridine rings is 1. The quantitative estimate of drug-likeness (QED) is 0.239. The molecule has 35 heavy (non-hydrogen) atoms. The second-order valence-corrected chi connectivity index (χ2v) is 9.53. The first-order chi connectivity index (χ1) is 16.3. The Balaban J connectivity index is 2.06. The van der Waals surface area contributed by atoms with Crippen molar-refractivity contribution >= 4 is 27.4 Å². The van der Waals surface area contributed by atoms with E-state index in [2.05, 4.69) is 21.5 Å². The van der Waals surface area contributed by atoms with Gasteiger partial charge in [-0.2, -0.15) is 13.2 Å². The molecule has 0 fully saturated rings. The average molecular weight is 515 g/mol. The Labute approximate surface area is 201 Å². The van der Waals surface area contributed by atoms with Gasteiger partial charge in [-0.25, -0.2) is 17.8 Å². The van der Waals surface area contributed by atoms with Crippen LogP contribution in [0.4, 0.5) is 29.1 Å². The number of amides is 1. The molecule has 1 amide bonds. The molecule has 0 saturated carbocycles. The summed E-state index contributed by atoms with van der Waals surface area (Å²) in [5.74, 6) is 0.961. The van der Waals surface area contributed by atoms with Crippen molar-refractivity contribution < 1.29 is 30.8 Å². The summed E-state index contributed by atoms with van der Waals surface area (Å²) < 4.78 is 78.3. The average Bonchev–Trinajstić information content (AvgIpc) is 2.76.